The Morgan fingerprint density at radius 2 is 1.10 bits per heavy atom. The molecule has 258 valence electrons. The number of aliphatic hydroxyl groups is 2. The molecule has 0 amide bonds. The van der Waals surface area contributed by atoms with Gasteiger partial charge in [-0.3, -0.25) is 0 Å². The number of aromatic hydroxyl groups is 8. The molecule has 0 fully saturated rings. The summed E-state index contributed by atoms with van der Waals surface area (Å²) < 4.78 is 12.5. The second kappa shape index (κ2) is 12.7. The summed E-state index contributed by atoms with van der Waals surface area (Å²) >= 11 is 1.27. The zero-order chi connectivity index (χ0) is 35.4. The molecule has 2 aliphatic heterocycles. The van der Waals surface area contributed by atoms with E-state index in [9.17, 15) is 51.1 Å². The molecule has 50 heavy (non-hydrogen) atoms. The first kappa shape index (κ1) is 32.9. The third-order valence-corrected chi connectivity index (χ3v) is 10.4. The van der Waals surface area contributed by atoms with Crippen LogP contribution in [-0.2, 0) is 5.75 Å². The number of phenolic OH excluding ortho intramolecular Hbond substituents is 8. The van der Waals surface area contributed by atoms with Crippen molar-refractivity contribution in [1.82, 2.24) is 0 Å². The third kappa shape index (κ3) is 5.64. The summed E-state index contributed by atoms with van der Waals surface area (Å²) in [7, 11) is 0. The van der Waals surface area contributed by atoms with Crippen LogP contribution in [0.5, 0.6) is 57.5 Å². The van der Waals surface area contributed by atoms with Gasteiger partial charge in [0.2, 0.25) is 0 Å². The number of aliphatic hydroxyl groups excluding tert-OH is 2. The Balaban J connectivity index is 1.44. The smallest absolute Gasteiger partial charge is 0.157 e. The minimum absolute atomic E-state index is 0.0419. The molecule has 0 aromatic heterocycles. The van der Waals surface area contributed by atoms with E-state index in [4.69, 9.17) is 9.47 Å². The average Bonchev–Trinajstić information content (AvgIpc) is 3.08. The zero-order valence-electron chi connectivity index (χ0n) is 26.0. The molecule has 10 N–H and O–H groups in total. The first-order chi connectivity index (χ1) is 23.9. The molecule has 0 bridgehead atoms. The molecule has 0 saturated carbocycles. The van der Waals surface area contributed by atoms with Crippen molar-refractivity contribution in [3.63, 3.8) is 0 Å². The monoisotopic (exact) mass is 700 g/mol. The fourth-order valence-electron chi connectivity index (χ4n) is 6.67. The molecule has 13 heteroatoms. The highest BCUT2D eigenvalue weighted by atomic mass is 32.2. The molecule has 2 heterocycles. The Morgan fingerprint density at radius 3 is 1.72 bits per heavy atom. The van der Waals surface area contributed by atoms with Gasteiger partial charge in [0, 0.05) is 35.1 Å². The number of fused-ring (bicyclic) bond motifs is 2. The van der Waals surface area contributed by atoms with Crippen LogP contribution in [-0.4, -0.2) is 63.3 Å². The molecular formula is C37H32O12S. The lowest BCUT2D eigenvalue weighted by molar-refractivity contribution is 0.000589. The molecule has 2 aliphatic rings. The van der Waals surface area contributed by atoms with E-state index in [2.05, 4.69) is 0 Å². The quantitative estimate of drug-likeness (QED) is 0.100. The summed E-state index contributed by atoms with van der Waals surface area (Å²) in [4.78, 5) is 0. The van der Waals surface area contributed by atoms with Crippen LogP contribution in [0, 0.1) is 0 Å². The maximum atomic E-state index is 12.1. The average molecular weight is 701 g/mol. The van der Waals surface area contributed by atoms with E-state index >= 15 is 0 Å². The highest BCUT2D eigenvalue weighted by molar-refractivity contribution is 7.98. The van der Waals surface area contributed by atoms with Crippen LogP contribution in [0.15, 0.2) is 84.9 Å². The third-order valence-electron chi connectivity index (χ3n) is 9.03. The topological polar surface area (TPSA) is 221 Å². The van der Waals surface area contributed by atoms with Crippen molar-refractivity contribution in [3.05, 3.63) is 118 Å². The van der Waals surface area contributed by atoms with E-state index in [1.54, 1.807) is 0 Å². The van der Waals surface area contributed by atoms with Gasteiger partial charge in [0.15, 0.2) is 35.2 Å². The highest BCUT2D eigenvalue weighted by Crippen LogP contribution is 2.60. The number of phenols is 8. The number of benzene rings is 5. The van der Waals surface area contributed by atoms with E-state index in [0.717, 1.165) is 17.7 Å². The van der Waals surface area contributed by atoms with Gasteiger partial charge in [-0.05, 0) is 41.0 Å². The number of rotatable bonds is 6. The van der Waals surface area contributed by atoms with E-state index in [1.807, 2.05) is 30.3 Å². The molecule has 0 radical (unpaired) electrons. The van der Waals surface area contributed by atoms with Crippen LogP contribution in [0.1, 0.15) is 56.8 Å². The highest BCUT2D eigenvalue weighted by Gasteiger charge is 2.48. The molecule has 12 nitrogen and oxygen atoms in total. The van der Waals surface area contributed by atoms with Gasteiger partial charge in [-0.1, -0.05) is 42.5 Å². The normalized spacial score (nSPS) is 22.5. The van der Waals surface area contributed by atoms with Crippen LogP contribution in [0.4, 0.5) is 0 Å². The lowest BCUT2D eigenvalue weighted by Crippen LogP contribution is -2.37. The summed E-state index contributed by atoms with van der Waals surface area (Å²) in [6.45, 7) is 0. The maximum absolute atomic E-state index is 12.1. The number of ether oxygens (including phenoxy) is 2. The summed E-state index contributed by atoms with van der Waals surface area (Å²) in [5.41, 5.74) is 1.30. The fourth-order valence-corrected chi connectivity index (χ4v) is 7.97. The first-order valence-corrected chi connectivity index (χ1v) is 16.5. The molecule has 6 unspecified atom stereocenters. The lowest BCUT2D eigenvalue weighted by Gasteiger charge is -2.42. The predicted molar refractivity (Wildman–Crippen MR) is 180 cm³/mol. The summed E-state index contributed by atoms with van der Waals surface area (Å²) in [6, 6.07) is 20.3. The van der Waals surface area contributed by atoms with Gasteiger partial charge in [0.1, 0.15) is 46.7 Å². The molecule has 5 aromatic rings. The van der Waals surface area contributed by atoms with Crippen molar-refractivity contribution < 1.29 is 60.5 Å². The van der Waals surface area contributed by atoms with Crippen LogP contribution < -0.4 is 9.47 Å². The molecule has 6 atom stereocenters. The maximum Gasteiger partial charge on any atom is 0.157 e. The van der Waals surface area contributed by atoms with Crippen molar-refractivity contribution in [2.75, 3.05) is 0 Å². The second-order valence-corrected chi connectivity index (χ2v) is 13.3. The van der Waals surface area contributed by atoms with E-state index in [-0.39, 0.29) is 45.1 Å². The minimum atomic E-state index is -1.64. The van der Waals surface area contributed by atoms with Gasteiger partial charge in [-0.2, -0.15) is 0 Å². The molecule has 0 spiro atoms. The fraction of sp³-hybridized carbons (Fsp3) is 0.189. The van der Waals surface area contributed by atoms with Crippen LogP contribution in [0.3, 0.4) is 0 Å². The number of hydrogen-bond donors (Lipinski definition) is 10. The zero-order valence-corrected chi connectivity index (χ0v) is 26.8. The Bertz CT molecular complexity index is 2090. The van der Waals surface area contributed by atoms with Gasteiger partial charge in [0.05, 0.1) is 16.7 Å². The van der Waals surface area contributed by atoms with E-state index in [0.29, 0.717) is 5.75 Å². The largest absolute Gasteiger partial charge is 0.508 e. The SMILES string of the molecule is Oc1cc(O)c2c(c1)OC(c1ccc(O)c(O)c1)C(O)C2c1c(O)cc(O)c2c1OC(c1ccc(O)c(O)c1)C(O)C2SCc1ccccc1. The first-order valence-electron chi connectivity index (χ1n) is 15.5. The standard InChI is InChI=1S/C37H32O12S/c38-19-12-24(43)28-27(13-19)48-34(17-6-8-20(39)22(41)10-17)32(46)31(28)29-25(44)14-26(45)30-36(29)49-35(18-7-9-21(40)23(42)11-18)33(47)37(30)50-15-16-4-2-1-3-5-16/h1-14,31-35,37-47H,15H2. The van der Waals surface area contributed by atoms with Gasteiger partial charge in [-0.25, -0.2) is 0 Å². The van der Waals surface area contributed by atoms with Crippen LogP contribution >= 0.6 is 11.8 Å². The second-order valence-electron chi connectivity index (χ2n) is 12.2. The van der Waals surface area contributed by atoms with Crippen molar-refractivity contribution >= 4 is 11.8 Å². The Kier molecular flexibility index (Phi) is 8.34. The van der Waals surface area contributed by atoms with Crippen molar-refractivity contribution in [3.8, 4) is 57.5 Å². The van der Waals surface area contributed by atoms with Crippen molar-refractivity contribution in [2.45, 2.75) is 41.3 Å². The van der Waals surface area contributed by atoms with Gasteiger partial charge in [-0.15, -0.1) is 11.8 Å². The number of hydrogen-bond acceptors (Lipinski definition) is 13. The van der Waals surface area contributed by atoms with Crippen molar-refractivity contribution in [2.24, 2.45) is 0 Å². The summed E-state index contributed by atoms with van der Waals surface area (Å²) in [5.74, 6) is -4.86. The van der Waals surface area contributed by atoms with Crippen LogP contribution in [0.2, 0.25) is 0 Å². The van der Waals surface area contributed by atoms with Crippen LogP contribution in [0.25, 0.3) is 0 Å². The molecule has 7 rings (SSSR count). The van der Waals surface area contributed by atoms with Gasteiger partial charge < -0.3 is 60.5 Å². The van der Waals surface area contributed by atoms with Gasteiger partial charge in [0.25, 0.3) is 0 Å². The van der Waals surface area contributed by atoms with E-state index in [1.165, 1.54) is 54.2 Å². The van der Waals surface area contributed by atoms with Crippen molar-refractivity contribution in [1.29, 1.82) is 0 Å². The lowest BCUT2D eigenvalue weighted by atomic mass is 9.77. The molecule has 0 saturated heterocycles. The molecule has 0 aliphatic carbocycles. The molecular weight excluding hydrogens is 668 g/mol. The molecule has 5 aromatic carbocycles. The summed E-state index contributed by atoms with van der Waals surface area (Å²) in [5, 5.41) is 108. The Morgan fingerprint density at radius 1 is 0.520 bits per heavy atom. The summed E-state index contributed by atoms with van der Waals surface area (Å²) in [6.07, 6.45) is -5.53. The van der Waals surface area contributed by atoms with E-state index < -0.39 is 75.8 Å². The van der Waals surface area contributed by atoms with Gasteiger partial charge >= 0.3 is 0 Å². The Hall–Kier alpha value is -5.63. The predicted octanol–water partition coefficient (Wildman–Crippen LogP) is 5.43. The Labute approximate surface area is 288 Å². The number of thioether (sulfide) groups is 1. The minimum Gasteiger partial charge on any atom is -0.508 e.